The predicted molar refractivity (Wildman–Crippen MR) is 159 cm³/mol. The zero-order chi connectivity index (χ0) is 29.9. The van der Waals surface area contributed by atoms with E-state index in [1.54, 1.807) is 18.2 Å². The van der Waals surface area contributed by atoms with E-state index < -0.39 is 39.0 Å². The molecule has 222 valence electrons. The van der Waals surface area contributed by atoms with Crippen molar-refractivity contribution in [2.24, 2.45) is 0 Å². The number of ketones is 1. The molecular formula is C29H29ClFN3O6S2. The van der Waals surface area contributed by atoms with Crippen molar-refractivity contribution < 1.29 is 31.9 Å². The van der Waals surface area contributed by atoms with Crippen LogP contribution in [0.15, 0.2) is 52.7 Å². The lowest BCUT2D eigenvalue weighted by atomic mass is 9.96. The van der Waals surface area contributed by atoms with Crippen LogP contribution in [0.2, 0.25) is 4.34 Å². The molecule has 1 N–H and O–H groups in total. The maximum absolute atomic E-state index is 15.2. The fraction of sp³-hybridized carbons (Fsp3) is 0.345. The Bertz CT molecular complexity index is 1620. The van der Waals surface area contributed by atoms with Crippen LogP contribution in [0, 0.1) is 5.82 Å². The number of morpholine rings is 1. The summed E-state index contributed by atoms with van der Waals surface area (Å²) in [6.45, 7) is 5.05. The Balaban J connectivity index is 1.21. The highest BCUT2D eigenvalue weighted by Crippen LogP contribution is 2.30. The van der Waals surface area contributed by atoms with E-state index in [4.69, 9.17) is 16.3 Å². The van der Waals surface area contributed by atoms with Crippen molar-refractivity contribution in [3.05, 3.63) is 75.4 Å². The number of ether oxygens (including phenoxy) is 1. The second kappa shape index (κ2) is 13.0. The minimum Gasteiger partial charge on any atom is -0.385 e. The third-order valence-corrected chi connectivity index (χ3v) is 10.6. The predicted octanol–water partition coefficient (Wildman–Crippen LogP) is 3.99. The highest BCUT2D eigenvalue weighted by Gasteiger charge is 2.34. The molecular weight excluding hydrogens is 605 g/mol. The molecule has 0 atom stereocenters. The average molecular weight is 634 g/mol. The summed E-state index contributed by atoms with van der Waals surface area (Å²) in [4.78, 5) is 41.9. The van der Waals surface area contributed by atoms with Gasteiger partial charge in [-0.2, -0.15) is 0 Å². The summed E-state index contributed by atoms with van der Waals surface area (Å²) < 4.78 is 45.7. The van der Waals surface area contributed by atoms with E-state index in [-0.39, 0.29) is 32.6 Å². The van der Waals surface area contributed by atoms with Crippen molar-refractivity contribution in [2.75, 3.05) is 55.4 Å². The molecule has 2 amide bonds. The van der Waals surface area contributed by atoms with Crippen LogP contribution in [0.1, 0.15) is 27.9 Å². The molecule has 0 unspecified atom stereocenters. The van der Waals surface area contributed by atoms with Crippen LogP contribution in [-0.2, 0) is 37.0 Å². The number of nitrogens with one attached hydrogen (secondary N) is 1. The summed E-state index contributed by atoms with van der Waals surface area (Å²) >= 11 is 6.65. The number of rotatable bonds is 11. The number of Topliss-reactive ketones (excluding diaryl/α,β-unsaturated/α-hetero) is 1. The number of amides is 2. The van der Waals surface area contributed by atoms with Gasteiger partial charge in [-0.1, -0.05) is 17.7 Å². The highest BCUT2D eigenvalue weighted by atomic mass is 35.5. The first-order valence-electron chi connectivity index (χ1n) is 13.4. The molecule has 1 aromatic heterocycles. The summed E-state index contributed by atoms with van der Waals surface area (Å²) in [5, 5.41) is 3.34. The van der Waals surface area contributed by atoms with Crippen LogP contribution in [0.5, 0.6) is 0 Å². The number of imide groups is 1. The van der Waals surface area contributed by atoms with Crippen LogP contribution >= 0.6 is 22.9 Å². The van der Waals surface area contributed by atoms with Gasteiger partial charge in [-0.05, 0) is 66.6 Å². The first-order chi connectivity index (χ1) is 20.1. The number of fused-ring (bicyclic) bond motifs is 1. The molecule has 0 bridgehead atoms. The summed E-state index contributed by atoms with van der Waals surface area (Å²) in [5.41, 5.74) is 1.68. The maximum atomic E-state index is 15.2. The number of sulfone groups is 1. The average Bonchev–Trinajstić information content (AvgIpc) is 3.40. The first kappa shape index (κ1) is 30.3. The Labute approximate surface area is 252 Å². The molecule has 9 nitrogen and oxygen atoms in total. The van der Waals surface area contributed by atoms with Crippen molar-refractivity contribution in [2.45, 2.75) is 23.5 Å². The molecule has 5 rings (SSSR count). The van der Waals surface area contributed by atoms with Gasteiger partial charge in [0.2, 0.25) is 5.91 Å². The van der Waals surface area contributed by atoms with Gasteiger partial charge < -0.3 is 10.1 Å². The minimum absolute atomic E-state index is 0.0172. The van der Waals surface area contributed by atoms with Gasteiger partial charge in [0.25, 0.3) is 5.91 Å². The largest absolute Gasteiger partial charge is 0.385 e. The number of benzene rings is 2. The second-order valence-electron chi connectivity index (χ2n) is 10.1. The van der Waals surface area contributed by atoms with E-state index in [0.717, 1.165) is 73.8 Å². The van der Waals surface area contributed by atoms with Gasteiger partial charge in [-0.25, -0.2) is 17.7 Å². The summed E-state index contributed by atoms with van der Waals surface area (Å²) in [6, 6.07) is 11.7. The number of thiophene rings is 1. The van der Waals surface area contributed by atoms with E-state index in [1.807, 2.05) is 0 Å². The molecule has 1 fully saturated rings. The molecule has 2 aliphatic rings. The smallest absolute Gasteiger partial charge is 0.265 e. The normalized spacial score (nSPS) is 16.0. The standard InChI is InChI=1S/C29H29ClFN3O6S2/c30-26-6-7-28(41-26)42(38,39)18-22(35)14-19-2-5-25(24(31)15-19)34-27(36)17-20-16-21(3-4-23(20)29(34)37)32-8-1-9-33-10-12-40-13-11-33/h2-7,15-16,32H,1,8-14,17-18H2. The third kappa shape index (κ3) is 7.07. The lowest BCUT2D eigenvalue weighted by Gasteiger charge is -2.28. The SMILES string of the molecule is O=C(Cc1ccc(N2C(=O)Cc3cc(NCCCN4CCOCC4)ccc3C2=O)c(F)c1)CS(=O)(=O)c1ccc(Cl)s1. The number of anilines is 2. The summed E-state index contributed by atoms with van der Waals surface area (Å²) in [6.07, 6.45) is 0.528. The molecule has 42 heavy (non-hydrogen) atoms. The molecule has 0 radical (unpaired) electrons. The Morgan fingerprint density at radius 3 is 2.57 bits per heavy atom. The topological polar surface area (TPSA) is 113 Å². The Morgan fingerprint density at radius 1 is 1.07 bits per heavy atom. The molecule has 3 heterocycles. The third-order valence-electron chi connectivity index (χ3n) is 7.07. The molecule has 3 aromatic rings. The number of nitrogens with zero attached hydrogens (tertiary/aromatic N) is 2. The summed E-state index contributed by atoms with van der Waals surface area (Å²) in [7, 11) is -3.87. The Kier molecular flexibility index (Phi) is 9.38. The molecule has 13 heteroatoms. The van der Waals surface area contributed by atoms with E-state index in [9.17, 15) is 22.8 Å². The number of halogens is 2. The fourth-order valence-electron chi connectivity index (χ4n) is 5.01. The van der Waals surface area contributed by atoms with Gasteiger partial charge in [0.15, 0.2) is 15.6 Å². The number of carbonyl (C=O) groups excluding carboxylic acids is 3. The lowest BCUT2D eigenvalue weighted by molar-refractivity contribution is -0.118. The number of hydrogen-bond acceptors (Lipinski definition) is 9. The van der Waals surface area contributed by atoms with Crippen molar-refractivity contribution in [3.63, 3.8) is 0 Å². The van der Waals surface area contributed by atoms with Crippen molar-refractivity contribution in [1.82, 2.24) is 4.90 Å². The highest BCUT2D eigenvalue weighted by molar-refractivity contribution is 7.94. The maximum Gasteiger partial charge on any atom is 0.265 e. The van der Waals surface area contributed by atoms with Crippen LogP contribution < -0.4 is 10.2 Å². The van der Waals surface area contributed by atoms with Crippen molar-refractivity contribution in [1.29, 1.82) is 0 Å². The van der Waals surface area contributed by atoms with E-state index >= 15 is 4.39 Å². The van der Waals surface area contributed by atoms with Crippen LogP contribution in [-0.4, -0.2) is 76.1 Å². The zero-order valence-electron chi connectivity index (χ0n) is 22.6. The molecule has 1 saturated heterocycles. The van der Waals surface area contributed by atoms with Gasteiger partial charge in [-0.15, -0.1) is 11.3 Å². The minimum atomic E-state index is -3.87. The van der Waals surface area contributed by atoms with E-state index in [1.165, 1.54) is 24.3 Å². The van der Waals surface area contributed by atoms with Crippen LogP contribution in [0.4, 0.5) is 15.8 Å². The quantitative estimate of drug-likeness (QED) is 0.249. The number of hydrogen-bond donors (Lipinski definition) is 1. The molecule has 0 saturated carbocycles. The van der Waals surface area contributed by atoms with Crippen LogP contribution in [0.3, 0.4) is 0 Å². The monoisotopic (exact) mass is 633 g/mol. The second-order valence-corrected chi connectivity index (χ2v) is 14.1. The van der Waals surface area contributed by atoms with E-state index in [0.29, 0.717) is 11.1 Å². The molecule has 2 aromatic carbocycles. The van der Waals surface area contributed by atoms with Crippen molar-refractivity contribution >= 4 is 61.7 Å². The van der Waals surface area contributed by atoms with Gasteiger partial charge in [0.1, 0.15) is 15.8 Å². The van der Waals surface area contributed by atoms with Gasteiger partial charge >= 0.3 is 0 Å². The van der Waals surface area contributed by atoms with Gasteiger partial charge in [0, 0.05) is 37.3 Å². The first-order valence-corrected chi connectivity index (χ1v) is 16.3. The zero-order valence-corrected chi connectivity index (χ0v) is 25.0. The molecule has 0 aliphatic carbocycles. The molecule has 0 spiro atoms. The van der Waals surface area contributed by atoms with Gasteiger partial charge in [0.05, 0.1) is 29.7 Å². The van der Waals surface area contributed by atoms with E-state index in [2.05, 4.69) is 10.2 Å². The summed E-state index contributed by atoms with van der Waals surface area (Å²) in [5.74, 6) is -3.45. The van der Waals surface area contributed by atoms with Crippen LogP contribution in [0.25, 0.3) is 0 Å². The molecule has 2 aliphatic heterocycles. The van der Waals surface area contributed by atoms with Crippen molar-refractivity contribution in [3.8, 4) is 0 Å². The Hall–Kier alpha value is -3.16. The lowest BCUT2D eigenvalue weighted by Crippen LogP contribution is -2.43. The Morgan fingerprint density at radius 2 is 1.86 bits per heavy atom. The fourth-order valence-corrected chi connectivity index (χ4v) is 7.82. The van der Waals surface area contributed by atoms with Gasteiger partial charge in [-0.3, -0.25) is 19.3 Å². The number of carbonyl (C=O) groups is 3.